The molecular formula is C17H20O8. The Labute approximate surface area is 143 Å². The predicted molar refractivity (Wildman–Crippen MR) is 87.7 cm³/mol. The van der Waals surface area contributed by atoms with Crippen molar-refractivity contribution in [3.63, 3.8) is 0 Å². The minimum atomic E-state index is -0.587. The molecule has 0 unspecified atom stereocenters. The van der Waals surface area contributed by atoms with Crippen LogP contribution in [-0.4, -0.2) is 43.9 Å². The lowest BCUT2D eigenvalue weighted by Crippen LogP contribution is -2.01. The van der Waals surface area contributed by atoms with Crippen LogP contribution in [0.3, 0.4) is 0 Å². The molecule has 25 heavy (non-hydrogen) atoms. The van der Waals surface area contributed by atoms with Gasteiger partial charge in [-0.1, -0.05) is 0 Å². The van der Waals surface area contributed by atoms with Crippen LogP contribution in [-0.2, 0) is 0 Å². The largest absolute Gasteiger partial charge is 0.504 e. The van der Waals surface area contributed by atoms with Crippen LogP contribution < -0.4 is 9.47 Å². The highest BCUT2D eigenvalue weighted by molar-refractivity contribution is 5.54. The Morgan fingerprint density at radius 2 is 0.840 bits per heavy atom. The van der Waals surface area contributed by atoms with E-state index in [4.69, 9.17) is 9.47 Å². The van der Waals surface area contributed by atoms with E-state index >= 15 is 0 Å². The van der Waals surface area contributed by atoms with Gasteiger partial charge in [0.1, 0.15) is 11.5 Å². The van der Waals surface area contributed by atoms with Crippen LogP contribution in [0.2, 0.25) is 0 Å². The van der Waals surface area contributed by atoms with Crippen molar-refractivity contribution in [1.82, 2.24) is 0 Å². The summed E-state index contributed by atoms with van der Waals surface area (Å²) in [5.41, 5.74) is 0. The second-order valence-electron chi connectivity index (χ2n) is 5.38. The number of hydrogen-bond donors (Lipinski definition) is 6. The van der Waals surface area contributed by atoms with Gasteiger partial charge in [-0.3, -0.25) is 0 Å². The number of phenols is 6. The molecule has 136 valence electrons. The summed E-state index contributed by atoms with van der Waals surface area (Å²) in [5, 5.41) is 55.9. The zero-order valence-electron chi connectivity index (χ0n) is 13.3. The van der Waals surface area contributed by atoms with Crippen molar-refractivity contribution in [2.24, 2.45) is 0 Å². The molecule has 0 spiro atoms. The Balaban J connectivity index is 1.66. The number of phenolic OH excluding ortho intramolecular Hbond substituents is 6. The fourth-order valence-electron chi connectivity index (χ4n) is 2.09. The van der Waals surface area contributed by atoms with Crippen molar-refractivity contribution < 1.29 is 40.1 Å². The van der Waals surface area contributed by atoms with E-state index in [0.717, 1.165) is 6.42 Å². The van der Waals surface area contributed by atoms with Crippen molar-refractivity contribution in [2.45, 2.75) is 19.3 Å². The zero-order chi connectivity index (χ0) is 18.4. The molecule has 0 aromatic heterocycles. The molecule has 0 aliphatic heterocycles. The molecule has 2 rings (SSSR count). The zero-order valence-corrected chi connectivity index (χ0v) is 13.3. The molecule has 0 amide bonds. The van der Waals surface area contributed by atoms with Crippen molar-refractivity contribution in [1.29, 1.82) is 0 Å². The van der Waals surface area contributed by atoms with Crippen LogP contribution in [0.15, 0.2) is 24.3 Å². The van der Waals surface area contributed by atoms with Crippen LogP contribution in [0.4, 0.5) is 0 Å². The third-order valence-corrected chi connectivity index (χ3v) is 3.41. The monoisotopic (exact) mass is 352 g/mol. The molecule has 2 aromatic rings. The van der Waals surface area contributed by atoms with Crippen molar-refractivity contribution in [3.8, 4) is 46.0 Å². The van der Waals surface area contributed by atoms with Gasteiger partial charge in [0, 0.05) is 24.3 Å². The van der Waals surface area contributed by atoms with Crippen LogP contribution in [0.5, 0.6) is 46.0 Å². The molecule has 0 radical (unpaired) electrons. The van der Waals surface area contributed by atoms with E-state index in [0.29, 0.717) is 26.1 Å². The fourth-order valence-corrected chi connectivity index (χ4v) is 2.09. The fraction of sp³-hybridized carbons (Fsp3) is 0.294. The standard InChI is InChI=1S/C17H20O8/c18-12-6-10(7-13(19)16(12)22)24-4-2-1-3-5-25-11-8-14(20)17(23)15(21)9-11/h6-9,18-23H,1-5H2. The van der Waals surface area contributed by atoms with Crippen molar-refractivity contribution in [2.75, 3.05) is 13.2 Å². The summed E-state index contributed by atoms with van der Waals surface area (Å²) in [6.07, 6.45) is 2.15. The second kappa shape index (κ2) is 8.09. The number of rotatable bonds is 8. The third kappa shape index (κ3) is 4.90. The van der Waals surface area contributed by atoms with Gasteiger partial charge in [-0.05, 0) is 19.3 Å². The lowest BCUT2D eigenvalue weighted by Gasteiger charge is -2.10. The quantitative estimate of drug-likeness (QED) is 0.315. The van der Waals surface area contributed by atoms with Crippen LogP contribution in [0.25, 0.3) is 0 Å². The summed E-state index contributed by atoms with van der Waals surface area (Å²) in [6.45, 7) is 0.703. The summed E-state index contributed by atoms with van der Waals surface area (Å²) in [6, 6.07) is 4.84. The first-order chi connectivity index (χ1) is 11.9. The Morgan fingerprint density at radius 1 is 0.520 bits per heavy atom. The summed E-state index contributed by atoms with van der Waals surface area (Å²) in [4.78, 5) is 0. The van der Waals surface area contributed by atoms with E-state index in [1.54, 1.807) is 0 Å². The maximum atomic E-state index is 9.36. The Bertz CT molecular complexity index is 621. The smallest absolute Gasteiger partial charge is 0.200 e. The highest BCUT2D eigenvalue weighted by Gasteiger charge is 2.09. The van der Waals surface area contributed by atoms with E-state index in [9.17, 15) is 30.6 Å². The highest BCUT2D eigenvalue weighted by atomic mass is 16.5. The summed E-state index contributed by atoms with van der Waals surface area (Å²) < 4.78 is 10.7. The minimum absolute atomic E-state index is 0.249. The summed E-state index contributed by atoms with van der Waals surface area (Å²) >= 11 is 0. The molecule has 6 N–H and O–H groups in total. The van der Waals surface area contributed by atoms with E-state index < -0.39 is 34.5 Å². The molecule has 8 nitrogen and oxygen atoms in total. The predicted octanol–water partition coefficient (Wildman–Crippen LogP) is 2.55. The second-order valence-corrected chi connectivity index (χ2v) is 5.38. The SMILES string of the molecule is Oc1cc(OCCCCCOc2cc(O)c(O)c(O)c2)cc(O)c1O. The molecule has 0 saturated carbocycles. The number of unbranched alkanes of at least 4 members (excludes halogenated alkanes) is 2. The average Bonchev–Trinajstić information content (AvgIpc) is 2.56. The molecule has 2 aromatic carbocycles. The van der Waals surface area contributed by atoms with Gasteiger partial charge >= 0.3 is 0 Å². The normalized spacial score (nSPS) is 10.6. The maximum absolute atomic E-state index is 9.36. The average molecular weight is 352 g/mol. The van der Waals surface area contributed by atoms with Crippen LogP contribution in [0, 0.1) is 0 Å². The maximum Gasteiger partial charge on any atom is 0.200 e. The summed E-state index contributed by atoms with van der Waals surface area (Å²) in [7, 11) is 0. The lowest BCUT2D eigenvalue weighted by molar-refractivity contribution is 0.274. The molecule has 8 heteroatoms. The van der Waals surface area contributed by atoms with Gasteiger partial charge in [0.05, 0.1) is 13.2 Å². The molecular weight excluding hydrogens is 332 g/mol. The molecule has 0 heterocycles. The number of ether oxygens (including phenoxy) is 2. The van der Waals surface area contributed by atoms with Gasteiger partial charge in [0.15, 0.2) is 23.0 Å². The van der Waals surface area contributed by atoms with E-state index in [1.165, 1.54) is 24.3 Å². The van der Waals surface area contributed by atoms with Gasteiger partial charge < -0.3 is 40.1 Å². The lowest BCUT2D eigenvalue weighted by atomic mass is 10.2. The third-order valence-electron chi connectivity index (χ3n) is 3.41. The van der Waals surface area contributed by atoms with Crippen molar-refractivity contribution >= 4 is 0 Å². The summed E-state index contributed by atoms with van der Waals surface area (Å²) in [5.74, 6) is -2.50. The number of benzene rings is 2. The van der Waals surface area contributed by atoms with Gasteiger partial charge in [-0.25, -0.2) is 0 Å². The minimum Gasteiger partial charge on any atom is -0.504 e. The molecule has 0 aliphatic rings. The van der Waals surface area contributed by atoms with E-state index in [-0.39, 0.29) is 11.5 Å². The number of hydrogen-bond acceptors (Lipinski definition) is 8. The topological polar surface area (TPSA) is 140 Å². The first-order valence-corrected chi connectivity index (χ1v) is 7.64. The van der Waals surface area contributed by atoms with Crippen LogP contribution >= 0.6 is 0 Å². The van der Waals surface area contributed by atoms with Gasteiger partial charge in [0.25, 0.3) is 0 Å². The molecule has 0 bridgehead atoms. The molecule has 0 fully saturated rings. The highest BCUT2D eigenvalue weighted by Crippen LogP contribution is 2.39. The van der Waals surface area contributed by atoms with Crippen molar-refractivity contribution in [3.05, 3.63) is 24.3 Å². The first kappa shape index (κ1) is 18.2. The van der Waals surface area contributed by atoms with Crippen LogP contribution in [0.1, 0.15) is 19.3 Å². The molecule has 0 saturated heterocycles. The van der Waals surface area contributed by atoms with E-state index in [2.05, 4.69) is 0 Å². The van der Waals surface area contributed by atoms with Gasteiger partial charge in [-0.2, -0.15) is 0 Å². The first-order valence-electron chi connectivity index (χ1n) is 7.64. The van der Waals surface area contributed by atoms with Gasteiger partial charge in [0.2, 0.25) is 11.5 Å². The Kier molecular flexibility index (Phi) is 5.89. The molecule has 0 atom stereocenters. The Morgan fingerprint density at radius 3 is 1.16 bits per heavy atom. The van der Waals surface area contributed by atoms with E-state index in [1.807, 2.05) is 0 Å². The number of aromatic hydroxyl groups is 6. The van der Waals surface area contributed by atoms with Gasteiger partial charge in [-0.15, -0.1) is 0 Å². The molecule has 0 aliphatic carbocycles. The Hall–Kier alpha value is -3.16.